The summed E-state index contributed by atoms with van der Waals surface area (Å²) in [7, 11) is -3.62. The van der Waals surface area contributed by atoms with Crippen LogP contribution in [0.4, 0.5) is 5.82 Å². The van der Waals surface area contributed by atoms with E-state index in [1.165, 1.54) is 5.56 Å². The molecule has 3 rings (SSSR count). The van der Waals surface area contributed by atoms with Crippen molar-refractivity contribution < 1.29 is 13.2 Å². The molecule has 2 aromatic rings. The van der Waals surface area contributed by atoms with Crippen LogP contribution in [-0.4, -0.2) is 30.7 Å². The molecule has 27 heavy (non-hydrogen) atoms. The number of aryl methyl sites for hydroxylation is 2. The predicted molar refractivity (Wildman–Crippen MR) is 104 cm³/mol. The van der Waals surface area contributed by atoms with Gasteiger partial charge in [-0.1, -0.05) is 6.07 Å². The Morgan fingerprint density at radius 2 is 1.93 bits per heavy atom. The summed E-state index contributed by atoms with van der Waals surface area (Å²) in [6.07, 6.45) is 5.85. The van der Waals surface area contributed by atoms with Crippen LogP contribution < -0.4 is 10.0 Å². The Hall–Kier alpha value is -2.19. The lowest BCUT2D eigenvalue weighted by Gasteiger charge is -2.16. The number of fused-ring (bicyclic) bond motifs is 1. The number of carbonyl (C=O) groups is 1. The van der Waals surface area contributed by atoms with Crippen LogP contribution in [-0.2, 0) is 27.7 Å². The monoisotopic (exact) mass is 390 g/mol. The first-order chi connectivity index (χ1) is 12.9. The fraction of sp³-hybridized carbons (Fsp3) is 0.474. The Morgan fingerprint density at radius 3 is 2.67 bits per heavy atom. The quantitative estimate of drug-likeness (QED) is 0.760. The molecule has 0 saturated carbocycles. The molecule has 1 heterocycles. The highest BCUT2D eigenvalue weighted by atomic mass is 32.2. The van der Waals surface area contributed by atoms with Crippen molar-refractivity contribution in [3.05, 3.63) is 41.6 Å². The number of anilines is 1. The molecular weight excluding hydrogens is 364 g/mol. The molecule has 8 heteroatoms. The largest absolute Gasteiger partial charge is 0.311 e. The van der Waals surface area contributed by atoms with E-state index in [0.29, 0.717) is 5.82 Å². The van der Waals surface area contributed by atoms with Crippen molar-refractivity contribution in [2.24, 2.45) is 0 Å². The van der Waals surface area contributed by atoms with E-state index in [2.05, 4.69) is 15.1 Å². The number of amides is 1. The van der Waals surface area contributed by atoms with Crippen molar-refractivity contribution >= 4 is 21.7 Å². The van der Waals surface area contributed by atoms with Crippen LogP contribution in [0.25, 0.3) is 0 Å². The first-order valence-corrected chi connectivity index (χ1v) is 10.8. The van der Waals surface area contributed by atoms with E-state index in [4.69, 9.17) is 0 Å². The van der Waals surface area contributed by atoms with Crippen molar-refractivity contribution in [1.29, 1.82) is 0 Å². The lowest BCUT2D eigenvalue weighted by Crippen LogP contribution is -2.28. The highest BCUT2D eigenvalue weighted by Gasteiger charge is 2.18. The molecule has 0 aliphatic heterocycles. The molecule has 0 unspecified atom stereocenters. The second kappa shape index (κ2) is 8.22. The van der Waals surface area contributed by atoms with Crippen molar-refractivity contribution in [2.75, 3.05) is 11.9 Å². The van der Waals surface area contributed by atoms with Gasteiger partial charge < -0.3 is 5.32 Å². The molecule has 0 spiro atoms. The smallest absolute Gasteiger partial charge is 0.240 e. The van der Waals surface area contributed by atoms with Gasteiger partial charge >= 0.3 is 0 Å². The number of hydrogen-bond donors (Lipinski definition) is 2. The molecule has 1 aliphatic rings. The van der Waals surface area contributed by atoms with Gasteiger partial charge in [0.2, 0.25) is 15.9 Å². The number of sulfonamides is 1. The van der Waals surface area contributed by atoms with Crippen LogP contribution in [0.5, 0.6) is 0 Å². The molecule has 146 valence electrons. The number of benzene rings is 1. The van der Waals surface area contributed by atoms with Crippen LogP contribution in [0.1, 0.15) is 50.3 Å². The van der Waals surface area contributed by atoms with E-state index >= 15 is 0 Å². The second-order valence-corrected chi connectivity index (χ2v) is 8.86. The average molecular weight is 391 g/mol. The van der Waals surface area contributed by atoms with Crippen LogP contribution in [0.2, 0.25) is 0 Å². The summed E-state index contributed by atoms with van der Waals surface area (Å²) in [5.41, 5.74) is 2.35. The predicted octanol–water partition coefficient (Wildman–Crippen LogP) is 2.65. The van der Waals surface area contributed by atoms with Gasteiger partial charge in [0.25, 0.3) is 0 Å². The van der Waals surface area contributed by atoms with Gasteiger partial charge in [0.15, 0.2) is 0 Å². The van der Waals surface area contributed by atoms with Crippen molar-refractivity contribution in [2.45, 2.75) is 56.9 Å². The normalized spacial score (nSPS) is 14.2. The lowest BCUT2D eigenvalue weighted by molar-refractivity contribution is -0.116. The Bertz CT molecular complexity index is 919. The maximum Gasteiger partial charge on any atom is 0.240 e. The molecule has 0 atom stereocenters. The summed E-state index contributed by atoms with van der Waals surface area (Å²) < 4.78 is 29.2. The third-order valence-electron chi connectivity index (χ3n) is 4.70. The molecular formula is C19H26N4O3S. The van der Waals surface area contributed by atoms with E-state index in [-0.39, 0.29) is 29.8 Å². The summed E-state index contributed by atoms with van der Waals surface area (Å²) in [4.78, 5) is 12.4. The molecule has 1 aliphatic carbocycles. The molecule has 0 saturated heterocycles. The number of nitrogens with zero attached hydrogens (tertiary/aromatic N) is 2. The fourth-order valence-electron chi connectivity index (χ4n) is 3.29. The van der Waals surface area contributed by atoms with Gasteiger partial charge in [-0.3, -0.25) is 4.79 Å². The first kappa shape index (κ1) is 19.6. The van der Waals surface area contributed by atoms with Crippen molar-refractivity contribution in [3.8, 4) is 0 Å². The van der Waals surface area contributed by atoms with Gasteiger partial charge in [-0.25, -0.2) is 17.8 Å². The molecule has 1 aromatic heterocycles. The molecule has 1 aromatic carbocycles. The molecule has 0 radical (unpaired) electrons. The van der Waals surface area contributed by atoms with Gasteiger partial charge in [-0.05, 0) is 62.8 Å². The van der Waals surface area contributed by atoms with Gasteiger partial charge in [-0.15, -0.1) is 0 Å². The Morgan fingerprint density at radius 1 is 1.19 bits per heavy atom. The Kier molecular flexibility index (Phi) is 5.96. The number of carbonyl (C=O) groups excluding carboxylic acids is 1. The lowest BCUT2D eigenvalue weighted by atomic mass is 9.92. The maximum atomic E-state index is 12.5. The maximum absolute atomic E-state index is 12.5. The van der Waals surface area contributed by atoms with Crippen LogP contribution in [0.3, 0.4) is 0 Å². The van der Waals surface area contributed by atoms with Crippen LogP contribution in [0, 0.1) is 0 Å². The van der Waals surface area contributed by atoms with Gasteiger partial charge in [0, 0.05) is 25.1 Å². The summed E-state index contributed by atoms with van der Waals surface area (Å²) in [5, 5.41) is 6.92. The Balaban J connectivity index is 1.56. The van der Waals surface area contributed by atoms with E-state index in [9.17, 15) is 13.2 Å². The number of aromatic nitrogens is 2. The number of nitrogens with one attached hydrogen (secondary N) is 2. The summed E-state index contributed by atoms with van der Waals surface area (Å²) in [5.74, 6) is 0.345. The number of hydrogen-bond acceptors (Lipinski definition) is 4. The van der Waals surface area contributed by atoms with Crippen molar-refractivity contribution in [3.63, 3.8) is 0 Å². The fourth-order valence-corrected chi connectivity index (χ4v) is 4.37. The SMILES string of the molecule is CC(C)n1nccc1NC(=O)CCNS(=O)(=O)c1ccc2c(c1)CCCC2. The third-order valence-corrected chi connectivity index (χ3v) is 6.16. The third kappa shape index (κ3) is 4.75. The number of rotatable bonds is 7. The zero-order valence-electron chi connectivity index (χ0n) is 15.7. The van der Waals surface area contributed by atoms with E-state index in [0.717, 1.165) is 31.2 Å². The van der Waals surface area contributed by atoms with Crippen molar-refractivity contribution in [1.82, 2.24) is 14.5 Å². The van der Waals surface area contributed by atoms with Crippen LogP contribution in [0.15, 0.2) is 35.4 Å². The van der Waals surface area contributed by atoms with E-state index in [1.54, 1.807) is 29.1 Å². The highest BCUT2D eigenvalue weighted by Crippen LogP contribution is 2.24. The molecule has 7 nitrogen and oxygen atoms in total. The Labute approximate surface area is 160 Å². The topological polar surface area (TPSA) is 93.1 Å². The first-order valence-electron chi connectivity index (χ1n) is 9.31. The minimum absolute atomic E-state index is 0.0427. The van der Waals surface area contributed by atoms with Gasteiger partial charge in [0.1, 0.15) is 5.82 Å². The summed E-state index contributed by atoms with van der Waals surface area (Å²) in [6.45, 7) is 3.98. The zero-order valence-corrected chi connectivity index (χ0v) is 16.6. The molecule has 2 N–H and O–H groups in total. The van der Waals surface area contributed by atoms with Gasteiger partial charge in [-0.2, -0.15) is 5.10 Å². The van der Waals surface area contributed by atoms with E-state index in [1.807, 2.05) is 19.9 Å². The summed E-state index contributed by atoms with van der Waals surface area (Å²) >= 11 is 0. The summed E-state index contributed by atoms with van der Waals surface area (Å²) in [6, 6.07) is 7.15. The molecule has 1 amide bonds. The van der Waals surface area contributed by atoms with Gasteiger partial charge in [0.05, 0.1) is 11.1 Å². The highest BCUT2D eigenvalue weighted by molar-refractivity contribution is 7.89. The second-order valence-electron chi connectivity index (χ2n) is 7.09. The van der Waals surface area contributed by atoms with Crippen LogP contribution >= 0.6 is 0 Å². The minimum Gasteiger partial charge on any atom is -0.311 e. The zero-order chi connectivity index (χ0) is 19.4. The standard InChI is InChI=1S/C19H26N4O3S/c1-14(2)23-18(9-11-20-23)22-19(24)10-12-21-27(25,26)17-8-7-15-5-3-4-6-16(15)13-17/h7-9,11,13-14,21H,3-6,10,12H2,1-2H3,(H,22,24). The minimum atomic E-state index is -3.62. The average Bonchev–Trinajstić information content (AvgIpc) is 3.09. The molecule has 0 bridgehead atoms. The molecule has 0 fully saturated rings. The van der Waals surface area contributed by atoms with E-state index < -0.39 is 10.0 Å².